The summed E-state index contributed by atoms with van der Waals surface area (Å²) in [4.78, 5) is 0. The molecule has 0 amide bonds. The minimum atomic E-state index is -0.550. The summed E-state index contributed by atoms with van der Waals surface area (Å²) in [7, 11) is 0. The maximum Gasteiger partial charge on any atom is 0.305 e. The quantitative estimate of drug-likeness (QED) is 0.599. The second kappa shape index (κ2) is 4.59. The SMILES string of the molecule is C[CH2][Al]([CH2]C)[c]1ccccc1. The summed E-state index contributed by atoms with van der Waals surface area (Å²) in [6.07, 6.45) is 0. The molecule has 0 aliphatic heterocycles. The van der Waals surface area contributed by atoms with Gasteiger partial charge < -0.3 is 0 Å². The van der Waals surface area contributed by atoms with Crippen molar-refractivity contribution in [3.05, 3.63) is 30.3 Å². The molecule has 0 saturated heterocycles. The second-order valence-corrected chi connectivity index (χ2v) is 6.62. The number of hydrogen-bond donors (Lipinski definition) is 0. The van der Waals surface area contributed by atoms with Crippen LogP contribution in [-0.4, -0.2) is 14.1 Å². The van der Waals surface area contributed by atoms with Crippen molar-refractivity contribution in [1.82, 2.24) is 0 Å². The molecule has 0 unspecified atom stereocenters. The van der Waals surface area contributed by atoms with E-state index in [2.05, 4.69) is 44.2 Å². The van der Waals surface area contributed by atoms with E-state index in [1.807, 2.05) is 0 Å². The molecule has 1 rings (SSSR count). The summed E-state index contributed by atoms with van der Waals surface area (Å²) in [5.41, 5.74) is 0. The standard InChI is InChI=1S/C6H5.2C2H5.Al/c1-2-4-6-5-3-1;2*1-2;/h1-5H;2*1H2,2H3;. The predicted molar refractivity (Wildman–Crippen MR) is 52.8 cm³/mol. The van der Waals surface area contributed by atoms with Crippen LogP contribution in [0.15, 0.2) is 30.3 Å². The van der Waals surface area contributed by atoms with Gasteiger partial charge in [0.05, 0.1) is 0 Å². The lowest BCUT2D eigenvalue weighted by Crippen LogP contribution is -2.27. The average molecular weight is 162 g/mol. The highest BCUT2D eigenvalue weighted by atomic mass is 27.2. The molecule has 58 valence electrons. The van der Waals surface area contributed by atoms with Crippen molar-refractivity contribution >= 4 is 18.6 Å². The van der Waals surface area contributed by atoms with Crippen molar-refractivity contribution in [3.8, 4) is 0 Å². The lowest BCUT2D eigenvalue weighted by atomic mass is 10.4. The molecule has 0 nitrogen and oxygen atoms in total. The normalized spacial score (nSPS) is 9.64. The van der Waals surface area contributed by atoms with Crippen LogP contribution in [0.25, 0.3) is 0 Å². The van der Waals surface area contributed by atoms with Crippen molar-refractivity contribution in [2.45, 2.75) is 24.4 Å². The van der Waals surface area contributed by atoms with Gasteiger partial charge in [-0.25, -0.2) is 0 Å². The zero-order chi connectivity index (χ0) is 8.10. The van der Waals surface area contributed by atoms with Gasteiger partial charge in [-0.3, -0.25) is 0 Å². The third-order valence-corrected chi connectivity index (χ3v) is 5.56. The van der Waals surface area contributed by atoms with Gasteiger partial charge >= 0.3 is 14.1 Å². The van der Waals surface area contributed by atoms with Gasteiger partial charge in [0.25, 0.3) is 0 Å². The van der Waals surface area contributed by atoms with Crippen LogP contribution in [0.2, 0.25) is 10.6 Å². The zero-order valence-electron chi connectivity index (χ0n) is 7.38. The molecule has 1 aromatic rings. The molecular weight excluding hydrogens is 147 g/mol. The Hall–Kier alpha value is -0.248. The van der Waals surface area contributed by atoms with Gasteiger partial charge in [0.1, 0.15) is 0 Å². The molecule has 0 radical (unpaired) electrons. The Morgan fingerprint density at radius 2 is 1.55 bits per heavy atom. The predicted octanol–water partition coefficient (Wildman–Crippen LogP) is 2.43. The summed E-state index contributed by atoms with van der Waals surface area (Å²) in [6.45, 7) is 4.63. The summed E-state index contributed by atoms with van der Waals surface area (Å²) >= 11 is -0.550. The van der Waals surface area contributed by atoms with Crippen LogP contribution in [0.5, 0.6) is 0 Å². The molecule has 0 saturated carbocycles. The van der Waals surface area contributed by atoms with Gasteiger partial charge in [-0.2, -0.15) is 0 Å². The fourth-order valence-electron chi connectivity index (χ4n) is 1.49. The molecule has 0 spiro atoms. The third-order valence-electron chi connectivity index (χ3n) is 2.26. The average Bonchev–Trinajstić information content (AvgIpc) is 2.09. The zero-order valence-corrected chi connectivity index (χ0v) is 8.53. The second-order valence-electron chi connectivity index (χ2n) is 2.92. The Morgan fingerprint density at radius 1 is 1.00 bits per heavy atom. The molecule has 0 N–H and O–H groups in total. The molecule has 0 aromatic heterocycles. The number of rotatable bonds is 3. The first-order valence-electron chi connectivity index (χ1n) is 4.43. The first kappa shape index (κ1) is 8.85. The van der Waals surface area contributed by atoms with Crippen molar-refractivity contribution in [1.29, 1.82) is 0 Å². The smallest absolute Gasteiger partial charge is 0.110 e. The van der Waals surface area contributed by atoms with Crippen LogP contribution in [-0.2, 0) is 0 Å². The van der Waals surface area contributed by atoms with Gasteiger partial charge in [-0.1, -0.05) is 54.7 Å². The fourth-order valence-corrected chi connectivity index (χ4v) is 3.77. The van der Waals surface area contributed by atoms with Gasteiger partial charge in [0.2, 0.25) is 0 Å². The monoisotopic (exact) mass is 162 g/mol. The lowest BCUT2D eigenvalue weighted by molar-refractivity contribution is 1.33. The highest BCUT2D eigenvalue weighted by Gasteiger charge is 2.12. The van der Waals surface area contributed by atoms with Gasteiger partial charge in [0, 0.05) is 0 Å². The van der Waals surface area contributed by atoms with Crippen LogP contribution in [0, 0.1) is 0 Å². The number of hydrogen-bond acceptors (Lipinski definition) is 0. The minimum absolute atomic E-state index is 0.550. The maximum atomic E-state index is 2.31. The van der Waals surface area contributed by atoms with E-state index in [1.165, 1.54) is 10.6 Å². The van der Waals surface area contributed by atoms with Crippen molar-refractivity contribution in [2.24, 2.45) is 0 Å². The van der Waals surface area contributed by atoms with E-state index in [-0.39, 0.29) is 0 Å². The largest absolute Gasteiger partial charge is 0.305 e. The Morgan fingerprint density at radius 3 is 2.00 bits per heavy atom. The molecule has 0 fully saturated rings. The van der Waals surface area contributed by atoms with Crippen LogP contribution in [0.1, 0.15) is 13.8 Å². The van der Waals surface area contributed by atoms with E-state index in [0.717, 1.165) is 0 Å². The van der Waals surface area contributed by atoms with Gasteiger partial charge in [-0.15, -0.1) is 4.43 Å². The molecule has 0 aliphatic carbocycles. The third kappa shape index (κ3) is 2.36. The molecule has 1 heteroatoms. The van der Waals surface area contributed by atoms with E-state index < -0.39 is 14.1 Å². The van der Waals surface area contributed by atoms with Gasteiger partial charge in [0.15, 0.2) is 0 Å². The Labute approximate surface area is 73.6 Å². The number of benzene rings is 1. The first-order chi connectivity index (χ1) is 5.38. The maximum absolute atomic E-state index is 2.31. The Bertz CT molecular complexity index is 189. The molecule has 0 aliphatic rings. The van der Waals surface area contributed by atoms with Crippen molar-refractivity contribution < 1.29 is 0 Å². The Kier molecular flexibility index (Phi) is 3.69. The van der Waals surface area contributed by atoms with E-state index in [1.54, 1.807) is 4.43 Å². The van der Waals surface area contributed by atoms with Crippen molar-refractivity contribution in [2.75, 3.05) is 0 Å². The van der Waals surface area contributed by atoms with Crippen LogP contribution >= 0.6 is 0 Å². The van der Waals surface area contributed by atoms with Gasteiger partial charge in [-0.05, 0) is 0 Å². The summed E-state index contributed by atoms with van der Waals surface area (Å²) in [5.74, 6) is 0. The van der Waals surface area contributed by atoms with E-state index >= 15 is 0 Å². The fraction of sp³-hybridized carbons (Fsp3) is 0.400. The Balaban J connectivity index is 2.74. The molecule has 1 aromatic carbocycles. The topological polar surface area (TPSA) is 0 Å². The highest BCUT2D eigenvalue weighted by Crippen LogP contribution is 1.98. The van der Waals surface area contributed by atoms with Crippen LogP contribution in [0.4, 0.5) is 0 Å². The van der Waals surface area contributed by atoms with E-state index in [4.69, 9.17) is 0 Å². The minimum Gasteiger partial charge on any atom is -0.110 e. The molecule has 0 heterocycles. The summed E-state index contributed by atoms with van der Waals surface area (Å²) in [6, 6.07) is 11.0. The first-order valence-corrected chi connectivity index (χ1v) is 6.64. The summed E-state index contributed by atoms with van der Waals surface area (Å²) in [5, 5.41) is 2.78. The lowest BCUT2D eigenvalue weighted by Gasteiger charge is -2.05. The van der Waals surface area contributed by atoms with E-state index in [0.29, 0.717) is 0 Å². The van der Waals surface area contributed by atoms with Crippen molar-refractivity contribution in [3.63, 3.8) is 0 Å². The molecule has 0 atom stereocenters. The van der Waals surface area contributed by atoms with Crippen LogP contribution in [0.3, 0.4) is 0 Å². The molecule has 11 heavy (non-hydrogen) atoms. The summed E-state index contributed by atoms with van der Waals surface area (Å²) < 4.78 is 1.62. The molecule has 0 bridgehead atoms. The van der Waals surface area contributed by atoms with Crippen LogP contribution < -0.4 is 4.43 Å². The highest BCUT2D eigenvalue weighted by molar-refractivity contribution is 6.73. The van der Waals surface area contributed by atoms with E-state index in [9.17, 15) is 0 Å². The molecular formula is C10H15Al.